The molecule has 3 nitrogen and oxygen atoms in total. The Morgan fingerprint density at radius 3 is 2.13 bits per heavy atom. The summed E-state index contributed by atoms with van der Waals surface area (Å²) in [5.41, 5.74) is 1.42. The van der Waals surface area contributed by atoms with E-state index in [0.29, 0.717) is 11.5 Å². The fourth-order valence-corrected chi connectivity index (χ4v) is 1.41. The van der Waals surface area contributed by atoms with Crippen LogP contribution < -0.4 is 0 Å². The van der Waals surface area contributed by atoms with Crippen LogP contribution in [-0.2, 0) is 0 Å². The molecule has 0 aliphatic heterocycles. The fraction of sp³-hybridized carbons (Fsp3) is 0.250. The van der Waals surface area contributed by atoms with Crippen LogP contribution in [0.1, 0.15) is 5.56 Å². The second-order valence-electron chi connectivity index (χ2n) is 3.07. The second kappa shape index (κ2) is 6.35. The van der Waals surface area contributed by atoms with Gasteiger partial charge in [0.25, 0.3) is 0 Å². The monoisotopic (exact) mass is 207 g/mol. The number of aliphatic hydroxyl groups is 3. The van der Waals surface area contributed by atoms with Gasteiger partial charge >= 0.3 is 0 Å². The Morgan fingerprint density at radius 2 is 1.67 bits per heavy atom. The van der Waals surface area contributed by atoms with E-state index < -0.39 is 0 Å². The van der Waals surface area contributed by atoms with Crippen LogP contribution >= 0.6 is 0 Å². The first-order valence-electron chi connectivity index (χ1n) is 4.76. The third kappa shape index (κ3) is 3.16. The molecule has 0 bridgehead atoms. The molecule has 0 atom stereocenters. The highest BCUT2D eigenvalue weighted by Gasteiger charge is 2.15. The SMILES string of the molecule is OCC=C(CO)[C](CO)c1ccccc1. The van der Waals surface area contributed by atoms with Crippen molar-refractivity contribution in [2.45, 2.75) is 0 Å². The summed E-state index contributed by atoms with van der Waals surface area (Å²) < 4.78 is 0. The lowest BCUT2D eigenvalue weighted by Gasteiger charge is -2.16. The third-order valence-electron chi connectivity index (χ3n) is 2.18. The summed E-state index contributed by atoms with van der Waals surface area (Å²) in [4.78, 5) is 0. The summed E-state index contributed by atoms with van der Waals surface area (Å²) in [7, 11) is 0. The van der Waals surface area contributed by atoms with E-state index in [0.717, 1.165) is 5.56 Å². The van der Waals surface area contributed by atoms with Crippen LogP contribution in [0.5, 0.6) is 0 Å². The van der Waals surface area contributed by atoms with Gasteiger partial charge in [0.2, 0.25) is 0 Å². The smallest absolute Gasteiger partial charge is 0.0652 e. The van der Waals surface area contributed by atoms with Crippen molar-refractivity contribution in [3.8, 4) is 0 Å². The van der Waals surface area contributed by atoms with E-state index >= 15 is 0 Å². The predicted molar refractivity (Wildman–Crippen MR) is 58.1 cm³/mol. The van der Waals surface area contributed by atoms with Crippen LogP contribution in [0.25, 0.3) is 0 Å². The Balaban J connectivity index is 2.93. The summed E-state index contributed by atoms with van der Waals surface area (Å²) in [6.45, 7) is -0.492. The molecule has 0 amide bonds. The van der Waals surface area contributed by atoms with Crippen LogP contribution in [-0.4, -0.2) is 35.1 Å². The van der Waals surface area contributed by atoms with Gasteiger partial charge in [-0.3, -0.25) is 0 Å². The van der Waals surface area contributed by atoms with Crippen molar-refractivity contribution in [3.05, 3.63) is 53.5 Å². The van der Waals surface area contributed by atoms with Crippen molar-refractivity contribution in [1.82, 2.24) is 0 Å². The number of benzene rings is 1. The summed E-state index contributed by atoms with van der Waals surface area (Å²) >= 11 is 0. The molecule has 81 valence electrons. The van der Waals surface area contributed by atoms with E-state index in [4.69, 9.17) is 10.2 Å². The Labute approximate surface area is 89.3 Å². The quantitative estimate of drug-likeness (QED) is 0.659. The molecule has 1 aromatic rings. The molecule has 3 heteroatoms. The highest BCUT2D eigenvalue weighted by atomic mass is 16.3. The van der Waals surface area contributed by atoms with Gasteiger partial charge in [0.05, 0.1) is 25.7 Å². The minimum Gasteiger partial charge on any atom is -0.395 e. The number of hydrogen-bond acceptors (Lipinski definition) is 3. The zero-order valence-electron chi connectivity index (χ0n) is 8.43. The minimum atomic E-state index is -0.189. The van der Waals surface area contributed by atoms with Gasteiger partial charge in [0.1, 0.15) is 0 Å². The minimum absolute atomic E-state index is 0.147. The Hall–Kier alpha value is -1.16. The molecule has 0 saturated heterocycles. The van der Waals surface area contributed by atoms with Gasteiger partial charge in [0.15, 0.2) is 0 Å². The zero-order valence-corrected chi connectivity index (χ0v) is 8.43. The van der Waals surface area contributed by atoms with Crippen molar-refractivity contribution in [1.29, 1.82) is 0 Å². The lowest BCUT2D eigenvalue weighted by Crippen LogP contribution is -2.12. The number of aliphatic hydroxyl groups excluding tert-OH is 3. The zero-order chi connectivity index (χ0) is 11.1. The molecule has 0 aliphatic carbocycles. The first-order valence-corrected chi connectivity index (χ1v) is 4.76. The van der Waals surface area contributed by atoms with Crippen LogP contribution in [0, 0.1) is 5.92 Å². The first kappa shape index (κ1) is 11.9. The molecule has 1 radical (unpaired) electrons. The topological polar surface area (TPSA) is 60.7 Å². The molecule has 0 aromatic heterocycles. The third-order valence-corrected chi connectivity index (χ3v) is 2.18. The summed E-state index contributed by atoms with van der Waals surface area (Å²) in [6.07, 6.45) is 1.50. The maximum Gasteiger partial charge on any atom is 0.0652 e. The molecule has 0 unspecified atom stereocenters. The van der Waals surface area contributed by atoms with Gasteiger partial charge < -0.3 is 15.3 Å². The van der Waals surface area contributed by atoms with E-state index in [1.807, 2.05) is 30.3 Å². The molecular formula is C12H15O3. The van der Waals surface area contributed by atoms with Crippen molar-refractivity contribution in [2.24, 2.45) is 0 Å². The average molecular weight is 207 g/mol. The van der Waals surface area contributed by atoms with Crippen molar-refractivity contribution in [3.63, 3.8) is 0 Å². The van der Waals surface area contributed by atoms with Gasteiger partial charge in [-0.05, 0) is 11.1 Å². The molecule has 3 N–H and O–H groups in total. The molecular weight excluding hydrogens is 192 g/mol. The second-order valence-corrected chi connectivity index (χ2v) is 3.07. The molecule has 15 heavy (non-hydrogen) atoms. The van der Waals surface area contributed by atoms with E-state index in [1.165, 1.54) is 6.08 Å². The van der Waals surface area contributed by atoms with Crippen LogP contribution in [0.15, 0.2) is 42.0 Å². The highest BCUT2D eigenvalue weighted by Crippen LogP contribution is 2.21. The van der Waals surface area contributed by atoms with Crippen LogP contribution in [0.4, 0.5) is 0 Å². The summed E-state index contributed by atoms with van der Waals surface area (Å²) in [5, 5.41) is 27.1. The lowest BCUT2D eigenvalue weighted by molar-refractivity contribution is 0.292. The number of hydrogen-bond donors (Lipinski definition) is 3. The molecule has 0 saturated carbocycles. The van der Waals surface area contributed by atoms with Gasteiger partial charge in [-0.25, -0.2) is 0 Å². The molecule has 0 fully saturated rings. The average Bonchev–Trinajstić information content (AvgIpc) is 2.30. The maximum absolute atomic E-state index is 9.24. The Kier molecular flexibility index (Phi) is 5.04. The van der Waals surface area contributed by atoms with E-state index in [2.05, 4.69) is 0 Å². The summed E-state index contributed by atoms with van der Waals surface area (Å²) in [5.74, 6) is 0.646. The Bertz CT molecular complexity index is 306. The van der Waals surface area contributed by atoms with Gasteiger partial charge in [-0.1, -0.05) is 36.4 Å². The molecule has 1 rings (SSSR count). The lowest BCUT2D eigenvalue weighted by atomic mass is 9.92. The van der Waals surface area contributed by atoms with E-state index in [-0.39, 0.29) is 19.8 Å². The van der Waals surface area contributed by atoms with Gasteiger partial charge in [-0.15, -0.1) is 0 Å². The normalized spacial score (nSPS) is 12.1. The maximum atomic E-state index is 9.24. The molecule has 0 heterocycles. The van der Waals surface area contributed by atoms with Gasteiger partial charge in [-0.2, -0.15) is 0 Å². The first-order chi connectivity index (χ1) is 7.33. The highest BCUT2D eigenvalue weighted by molar-refractivity contribution is 5.43. The van der Waals surface area contributed by atoms with Crippen molar-refractivity contribution >= 4 is 0 Å². The summed E-state index contributed by atoms with van der Waals surface area (Å²) in [6, 6.07) is 9.31. The molecule has 0 aliphatic rings. The number of rotatable bonds is 5. The molecule has 1 aromatic carbocycles. The van der Waals surface area contributed by atoms with E-state index in [1.54, 1.807) is 0 Å². The van der Waals surface area contributed by atoms with E-state index in [9.17, 15) is 5.11 Å². The van der Waals surface area contributed by atoms with Gasteiger partial charge in [0, 0.05) is 0 Å². The van der Waals surface area contributed by atoms with Crippen LogP contribution in [0.3, 0.4) is 0 Å². The largest absolute Gasteiger partial charge is 0.395 e. The van der Waals surface area contributed by atoms with Crippen LogP contribution in [0.2, 0.25) is 0 Å². The standard InChI is InChI=1S/C12H15O3/c13-7-6-11(8-14)12(9-15)10-4-2-1-3-5-10/h1-6,13-15H,7-9H2. The fourth-order valence-electron chi connectivity index (χ4n) is 1.41. The molecule has 0 spiro atoms. The van der Waals surface area contributed by atoms with Crippen molar-refractivity contribution < 1.29 is 15.3 Å². The predicted octanol–water partition coefficient (Wildman–Crippen LogP) is 0.512. The van der Waals surface area contributed by atoms with Crippen molar-refractivity contribution in [2.75, 3.05) is 19.8 Å². The Morgan fingerprint density at radius 1 is 1.00 bits per heavy atom.